The molecule has 1 heterocycles. The Kier molecular flexibility index (Phi) is 3.96. The van der Waals surface area contributed by atoms with Crippen molar-refractivity contribution in [2.75, 3.05) is 5.32 Å². The number of amides is 1. The predicted molar refractivity (Wildman–Crippen MR) is 79.2 cm³/mol. The number of carbonyl (C=O) groups is 1. The number of nitrogens with one attached hydrogen (secondary N) is 1. The van der Waals surface area contributed by atoms with Gasteiger partial charge < -0.3 is 15.6 Å². The number of rotatable bonds is 3. The molecule has 0 aliphatic rings. The Bertz CT molecular complexity index is 654. The molecule has 0 fully saturated rings. The van der Waals surface area contributed by atoms with Crippen molar-refractivity contribution in [3.63, 3.8) is 0 Å². The van der Waals surface area contributed by atoms with Gasteiger partial charge in [-0.1, -0.05) is 33.3 Å². The molecular weight excluding hydrogens is 330 g/mol. The van der Waals surface area contributed by atoms with Gasteiger partial charge in [0.05, 0.1) is 11.4 Å². The minimum atomic E-state index is -0.406. The summed E-state index contributed by atoms with van der Waals surface area (Å²) in [5, 5.41) is 6.35. The van der Waals surface area contributed by atoms with Gasteiger partial charge in [-0.2, -0.15) is 0 Å². The number of anilines is 1. The number of aryl methyl sites for hydroxylation is 1. The highest BCUT2D eigenvalue weighted by Crippen LogP contribution is 2.22. The molecule has 0 saturated carbocycles. The fourth-order valence-corrected chi connectivity index (χ4v) is 2.03. The molecule has 0 aliphatic heterocycles. The Labute approximate surface area is 123 Å². The number of hydrogen-bond donors (Lipinski definition) is 2. The van der Waals surface area contributed by atoms with E-state index < -0.39 is 5.91 Å². The maximum absolute atomic E-state index is 12.0. The largest absolute Gasteiger partial charge is 0.389 e. The van der Waals surface area contributed by atoms with Crippen molar-refractivity contribution in [3.05, 3.63) is 45.8 Å². The highest BCUT2D eigenvalue weighted by molar-refractivity contribution is 9.10. The molecule has 0 atom stereocenters. The Hall–Kier alpha value is -1.73. The number of nitrogens with zero attached hydrogens (tertiary/aromatic N) is 1. The molecule has 19 heavy (non-hydrogen) atoms. The second-order valence-corrected chi connectivity index (χ2v) is 5.20. The van der Waals surface area contributed by atoms with E-state index in [1.54, 1.807) is 31.2 Å². The van der Waals surface area contributed by atoms with Crippen molar-refractivity contribution in [3.8, 4) is 0 Å². The summed E-state index contributed by atoms with van der Waals surface area (Å²) in [6.45, 7) is 1.74. The zero-order valence-corrected chi connectivity index (χ0v) is 12.3. The first-order valence-electron chi connectivity index (χ1n) is 5.31. The molecule has 1 amide bonds. The fraction of sp³-hybridized carbons (Fsp3) is 0.0833. The number of benzene rings is 1. The third-order valence-electron chi connectivity index (χ3n) is 2.35. The third kappa shape index (κ3) is 3.18. The van der Waals surface area contributed by atoms with Gasteiger partial charge in [0.2, 0.25) is 5.76 Å². The van der Waals surface area contributed by atoms with Gasteiger partial charge in [-0.15, -0.1) is 0 Å². The molecule has 2 rings (SSSR count). The average molecular weight is 340 g/mol. The molecule has 0 radical (unpaired) electrons. The van der Waals surface area contributed by atoms with E-state index in [4.69, 9.17) is 22.5 Å². The lowest BCUT2D eigenvalue weighted by molar-refractivity contribution is 0.0988. The number of halogens is 1. The van der Waals surface area contributed by atoms with Crippen molar-refractivity contribution >= 4 is 44.7 Å². The molecule has 0 aliphatic carbocycles. The first-order valence-corrected chi connectivity index (χ1v) is 6.51. The molecule has 0 saturated heterocycles. The first-order chi connectivity index (χ1) is 8.97. The zero-order valence-electron chi connectivity index (χ0n) is 9.94. The van der Waals surface area contributed by atoms with Crippen LogP contribution >= 0.6 is 28.1 Å². The quantitative estimate of drug-likeness (QED) is 0.840. The fourth-order valence-electron chi connectivity index (χ4n) is 1.49. The number of carbonyl (C=O) groups excluding carboxylic acids is 1. The minimum Gasteiger partial charge on any atom is -0.389 e. The van der Waals surface area contributed by atoms with Crippen LogP contribution < -0.4 is 11.1 Å². The van der Waals surface area contributed by atoms with Crippen LogP contribution in [0.3, 0.4) is 0 Å². The van der Waals surface area contributed by atoms with Crippen molar-refractivity contribution in [2.45, 2.75) is 6.92 Å². The maximum atomic E-state index is 12.0. The van der Waals surface area contributed by atoms with Crippen LogP contribution in [0.5, 0.6) is 0 Å². The van der Waals surface area contributed by atoms with Gasteiger partial charge in [-0.25, -0.2) is 0 Å². The van der Waals surface area contributed by atoms with Crippen LogP contribution in [0.1, 0.15) is 21.8 Å². The molecular formula is C12H10BrN3O2S. The Morgan fingerprint density at radius 2 is 2.21 bits per heavy atom. The molecule has 98 valence electrons. The Morgan fingerprint density at radius 3 is 2.79 bits per heavy atom. The molecule has 0 unspecified atom stereocenters. The van der Waals surface area contributed by atoms with E-state index in [1.807, 2.05) is 0 Å². The molecule has 2 aromatic rings. The second-order valence-electron chi connectivity index (χ2n) is 3.84. The molecule has 5 nitrogen and oxygen atoms in total. The van der Waals surface area contributed by atoms with Crippen LogP contribution in [0.4, 0.5) is 5.69 Å². The van der Waals surface area contributed by atoms with Gasteiger partial charge in [-0.05, 0) is 25.1 Å². The molecule has 1 aromatic carbocycles. The van der Waals surface area contributed by atoms with Gasteiger partial charge in [0, 0.05) is 16.1 Å². The van der Waals surface area contributed by atoms with E-state index in [0.717, 1.165) is 4.47 Å². The van der Waals surface area contributed by atoms with Crippen LogP contribution in [0.25, 0.3) is 0 Å². The topological polar surface area (TPSA) is 81.2 Å². The van der Waals surface area contributed by atoms with Gasteiger partial charge >= 0.3 is 0 Å². The van der Waals surface area contributed by atoms with Crippen LogP contribution in [-0.2, 0) is 0 Å². The summed E-state index contributed by atoms with van der Waals surface area (Å²) in [4.78, 5) is 12.2. The summed E-state index contributed by atoms with van der Waals surface area (Å²) in [5.41, 5.74) is 7.35. The molecule has 0 bridgehead atoms. The lowest BCUT2D eigenvalue weighted by atomic mass is 10.1. The van der Waals surface area contributed by atoms with Crippen LogP contribution in [0, 0.1) is 6.92 Å². The van der Waals surface area contributed by atoms with Crippen molar-refractivity contribution in [2.24, 2.45) is 5.73 Å². The highest BCUT2D eigenvalue weighted by Gasteiger charge is 2.14. The monoisotopic (exact) mass is 339 g/mol. The van der Waals surface area contributed by atoms with Crippen LogP contribution in [0.15, 0.2) is 33.3 Å². The van der Waals surface area contributed by atoms with Crippen molar-refractivity contribution < 1.29 is 9.32 Å². The second kappa shape index (κ2) is 5.50. The standard InChI is InChI=1S/C12H10BrN3O2S/c1-6-4-10(18-16-6)12(17)15-9-5-7(13)2-3-8(9)11(14)19/h2-5H,1H3,(H2,14,19)(H,15,17). The van der Waals surface area contributed by atoms with E-state index in [-0.39, 0.29) is 10.7 Å². The molecule has 1 aromatic heterocycles. The minimum absolute atomic E-state index is 0.131. The summed E-state index contributed by atoms with van der Waals surface area (Å²) in [6.07, 6.45) is 0. The maximum Gasteiger partial charge on any atom is 0.294 e. The van der Waals surface area contributed by atoms with E-state index >= 15 is 0 Å². The van der Waals surface area contributed by atoms with Crippen molar-refractivity contribution in [1.29, 1.82) is 0 Å². The number of thiocarbonyl (C=S) groups is 1. The smallest absolute Gasteiger partial charge is 0.294 e. The van der Waals surface area contributed by atoms with Gasteiger partial charge in [0.25, 0.3) is 5.91 Å². The summed E-state index contributed by atoms with van der Waals surface area (Å²) >= 11 is 8.27. The van der Waals surface area contributed by atoms with E-state index in [1.165, 1.54) is 0 Å². The average Bonchev–Trinajstić information content (AvgIpc) is 2.75. The molecule has 0 spiro atoms. The normalized spacial score (nSPS) is 10.2. The summed E-state index contributed by atoms with van der Waals surface area (Å²) in [5.74, 6) is -0.275. The summed E-state index contributed by atoms with van der Waals surface area (Å²) in [7, 11) is 0. The van der Waals surface area contributed by atoms with Crippen LogP contribution in [-0.4, -0.2) is 16.1 Å². The van der Waals surface area contributed by atoms with E-state index in [9.17, 15) is 4.79 Å². The SMILES string of the molecule is Cc1cc(C(=O)Nc2cc(Br)ccc2C(N)=S)on1. The van der Waals surface area contributed by atoms with Gasteiger partial charge in [0.15, 0.2) is 0 Å². The summed E-state index contributed by atoms with van der Waals surface area (Å²) in [6, 6.07) is 6.79. The zero-order chi connectivity index (χ0) is 14.0. The van der Waals surface area contributed by atoms with Crippen LogP contribution in [0.2, 0.25) is 0 Å². The number of hydrogen-bond acceptors (Lipinski definition) is 4. The first kappa shape index (κ1) is 13.7. The van der Waals surface area contributed by atoms with Gasteiger partial charge in [0.1, 0.15) is 4.99 Å². The summed E-state index contributed by atoms with van der Waals surface area (Å²) < 4.78 is 5.69. The lowest BCUT2D eigenvalue weighted by Gasteiger charge is -2.09. The third-order valence-corrected chi connectivity index (χ3v) is 3.06. The lowest BCUT2D eigenvalue weighted by Crippen LogP contribution is -2.17. The highest BCUT2D eigenvalue weighted by atomic mass is 79.9. The molecule has 3 N–H and O–H groups in total. The van der Waals surface area contributed by atoms with Gasteiger partial charge in [-0.3, -0.25) is 4.79 Å². The van der Waals surface area contributed by atoms with Crippen molar-refractivity contribution in [1.82, 2.24) is 5.16 Å². The van der Waals surface area contributed by atoms with E-state index in [0.29, 0.717) is 16.9 Å². The molecule has 7 heteroatoms. The predicted octanol–water partition coefficient (Wildman–Crippen LogP) is 2.63. The Morgan fingerprint density at radius 1 is 1.47 bits per heavy atom. The number of aromatic nitrogens is 1. The number of nitrogens with two attached hydrogens (primary N) is 1. The Balaban J connectivity index is 2.30. The van der Waals surface area contributed by atoms with E-state index in [2.05, 4.69) is 26.4 Å².